The smallest absolute Gasteiger partial charge is 0.308 e. The zero-order valence-corrected chi connectivity index (χ0v) is 14.4. The molecule has 0 amide bonds. The Morgan fingerprint density at radius 3 is 1.77 bits per heavy atom. The van der Waals surface area contributed by atoms with Crippen LogP contribution in [0.1, 0.15) is 72.1 Å². The molecule has 128 valence electrons. The normalized spacial score (nSPS) is 21.6. The van der Waals surface area contributed by atoms with Crippen molar-refractivity contribution in [2.45, 2.75) is 72.1 Å². The van der Waals surface area contributed by atoms with E-state index in [4.69, 9.17) is 9.47 Å². The third-order valence-electron chi connectivity index (χ3n) is 4.31. The molecule has 0 aliphatic heterocycles. The summed E-state index contributed by atoms with van der Waals surface area (Å²) in [5.74, 6) is 0.423. The average molecular weight is 312 g/mol. The molecule has 0 aromatic rings. The number of esters is 2. The van der Waals surface area contributed by atoms with Crippen LogP contribution in [0, 0.1) is 17.8 Å². The first-order valence-corrected chi connectivity index (χ1v) is 8.87. The lowest BCUT2D eigenvalue weighted by molar-refractivity contribution is -0.155. The Labute approximate surface area is 134 Å². The number of carbonyl (C=O) groups excluding carboxylic acids is 2. The van der Waals surface area contributed by atoms with Crippen LogP contribution in [0.5, 0.6) is 0 Å². The average Bonchev–Trinajstić information content (AvgIpc) is 2.51. The third kappa shape index (κ3) is 7.28. The number of hydrogen-bond donors (Lipinski definition) is 0. The molecule has 4 heteroatoms. The molecule has 1 fully saturated rings. The van der Waals surface area contributed by atoms with Crippen molar-refractivity contribution in [3.05, 3.63) is 0 Å². The van der Waals surface area contributed by atoms with Gasteiger partial charge >= 0.3 is 11.9 Å². The first-order chi connectivity index (χ1) is 10.5. The monoisotopic (exact) mass is 312 g/mol. The maximum atomic E-state index is 12.0. The van der Waals surface area contributed by atoms with Crippen LogP contribution < -0.4 is 0 Å². The quantitative estimate of drug-likeness (QED) is 0.475. The molecule has 1 aliphatic rings. The van der Waals surface area contributed by atoms with E-state index < -0.39 is 0 Å². The summed E-state index contributed by atoms with van der Waals surface area (Å²) in [7, 11) is 0. The van der Waals surface area contributed by atoms with Crippen molar-refractivity contribution in [3.63, 3.8) is 0 Å². The van der Waals surface area contributed by atoms with Gasteiger partial charge in [-0.2, -0.15) is 0 Å². The number of rotatable bonds is 9. The van der Waals surface area contributed by atoms with Gasteiger partial charge in [0, 0.05) is 0 Å². The van der Waals surface area contributed by atoms with Crippen LogP contribution in [0.15, 0.2) is 0 Å². The molecule has 4 nitrogen and oxygen atoms in total. The summed E-state index contributed by atoms with van der Waals surface area (Å²) in [4.78, 5) is 23.9. The standard InChI is InChI=1S/C18H32O4/c1-4-5-12-21-17(19)15-8-10-16(11-9-15)18(20)22-13-6-7-14(2)3/h14-16H,4-13H2,1-3H3. The third-order valence-corrected chi connectivity index (χ3v) is 4.31. The Bertz CT molecular complexity index is 330. The minimum absolute atomic E-state index is 0.0261. The van der Waals surface area contributed by atoms with Crippen LogP contribution in [-0.4, -0.2) is 25.2 Å². The number of ether oxygens (including phenoxy) is 2. The van der Waals surface area contributed by atoms with Crippen molar-refractivity contribution in [2.75, 3.05) is 13.2 Å². The zero-order valence-electron chi connectivity index (χ0n) is 14.4. The van der Waals surface area contributed by atoms with Crippen molar-refractivity contribution < 1.29 is 19.1 Å². The largest absolute Gasteiger partial charge is 0.465 e. The molecule has 0 aromatic heterocycles. The van der Waals surface area contributed by atoms with Crippen LogP contribution in [0.3, 0.4) is 0 Å². The minimum Gasteiger partial charge on any atom is -0.465 e. The van der Waals surface area contributed by atoms with E-state index in [1.165, 1.54) is 0 Å². The van der Waals surface area contributed by atoms with E-state index in [9.17, 15) is 9.59 Å². The van der Waals surface area contributed by atoms with Crippen molar-refractivity contribution in [1.29, 1.82) is 0 Å². The number of carbonyl (C=O) groups is 2. The maximum Gasteiger partial charge on any atom is 0.308 e. The molecule has 0 aromatic carbocycles. The number of unbranched alkanes of at least 4 members (excludes halogenated alkanes) is 1. The highest BCUT2D eigenvalue weighted by atomic mass is 16.5. The Morgan fingerprint density at radius 1 is 0.909 bits per heavy atom. The van der Waals surface area contributed by atoms with E-state index in [1.54, 1.807) is 0 Å². The van der Waals surface area contributed by atoms with Gasteiger partial charge < -0.3 is 9.47 Å². The Kier molecular flexibility index (Phi) is 9.17. The van der Waals surface area contributed by atoms with Crippen LogP contribution in [0.4, 0.5) is 0 Å². The SMILES string of the molecule is CCCCOC(=O)C1CCC(C(=O)OCCCC(C)C)CC1. The molecule has 1 aliphatic carbocycles. The van der Waals surface area contributed by atoms with Crippen molar-refractivity contribution in [1.82, 2.24) is 0 Å². The molecular weight excluding hydrogens is 280 g/mol. The molecular formula is C18H32O4. The molecule has 0 atom stereocenters. The molecule has 0 saturated heterocycles. The van der Waals surface area contributed by atoms with Gasteiger partial charge in [-0.3, -0.25) is 9.59 Å². The van der Waals surface area contributed by atoms with Crippen molar-refractivity contribution in [3.8, 4) is 0 Å². The van der Waals surface area contributed by atoms with Gasteiger partial charge in [0.15, 0.2) is 0 Å². The lowest BCUT2D eigenvalue weighted by Gasteiger charge is -2.26. The molecule has 0 bridgehead atoms. The van der Waals surface area contributed by atoms with Gasteiger partial charge in [-0.15, -0.1) is 0 Å². The summed E-state index contributed by atoms with van der Waals surface area (Å²) in [5, 5.41) is 0. The lowest BCUT2D eigenvalue weighted by Crippen LogP contribution is -2.28. The topological polar surface area (TPSA) is 52.6 Å². The summed E-state index contributed by atoms with van der Waals surface area (Å²) in [6.07, 6.45) is 6.96. The highest BCUT2D eigenvalue weighted by Gasteiger charge is 2.31. The Morgan fingerprint density at radius 2 is 1.36 bits per heavy atom. The van der Waals surface area contributed by atoms with Crippen molar-refractivity contribution >= 4 is 11.9 Å². The fraction of sp³-hybridized carbons (Fsp3) is 0.889. The first kappa shape index (κ1) is 19.0. The summed E-state index contributed by atoms with van der Waals surface area (Å²) in [5.41, 5.74) is 0. The van der Waals surface area contributed by atoms with Crippen LogP contribution in [0.2, 0.25) is 0 Å². The molecule has 22 heavy (non-hydrogen) atoms. The highest BCUT2D eigenvalue weighted by molar-refractivity contribution is 5.75. The molecule has 1 rings (SSSR count). The maximum absolute atomic E-state index is 12.0. The second-order valence-corrected chi connectivity index (χ2v) is 6.77. The second-order valence-electron chi connectivity index (χ2n) is 6.77. The molecule has 0 heterocycles. The predicted molar refractivity (Wildman–Crippen MR) is 86.3 cm³/mol. The van der Waals surface area contributed by atoms with Gasteiger partial charge in [-0.05, 0) is 50.9 Å². The summed E-state index contributed by atoms with van der Waals surface area (Å²) < 4.78 is 10.6. The molecule has 0 radical (unpaired) electrons. The van der Waals surface area contributed by atoms with Gasteiger partial charge in [-0.1, -0.05) is 27.2 Å². The Hall–Kier alpha value is -1.06. The van der Waals surface area contributed by atoms with Crippen LogP contribution in [0.25, 0.3) is 0 Å². The van der Waals surface area contributed by atoms with Crippen LogP contribution >= 0.6 is 0 Å². The summed E-state index contributed by atoms with van der Waals surface area (Å²) in [6, 6.07) is 0. The first-order valence-electron chi connectivity index (χ1n) is 8.87. The fourth-order valence-corrected chi connectivity index (χ4v) is 2.78. The number of hydrogen-bond acceptors (Lipinski definition) is 4. The van der Waals surface area contributed by atoms with Gasteiger partial charge in [0.2, 0.25) is 0 Å². The molecule has 1 saturated carbocycles. The van der Waals surface area contributed by atoms with E-state index in [-0.39, 0.29) is 23.8 Å². The van der Waals surface area contributed by atoms with E-state index in [2.05, 4.69) is 20.8 Å². The Balaban J connectivity index is 2.18. The second kappa shape index (κ2) is 10.6. The van der Waals surface area contributed by atoms with Gasteiger partial charge in [0.25, 0.3) is 0 Å². The van der Waals surface area contributed by atoms with E-state index in [0.717, 1.165) is 51.4 Å². The molecule has 0 N–H and O–H groups in total. The lowest BCUT2D eigenvalue weighted by atomic mass is 9.82. The predicted octanol–water partition coefficient (Wildman–Crippen LogP) is 4.12. The zero-order chi connectivity index (χ0) is 16.4. The summed E-state index contributed by atoms with van der Waals surface area (Å²) >= 11 is 0. The van der Waals surface area contributed by atoms with Crippen molar-refractivity contribution in [2.24, 2.45) is 17.8 Å². The van der Waals surface area contributed by atoms with E-state index in [1.807, 2.05) is 0 Å². The molecule has 0 spiro atoms. The molecule has 0 unspecified atom stereocenters. The minimum atomic E-state index is -0.0859. The van der Waals surface area contributed by atoms with Gasteiger partial charge in [0.1, 0.15) is 0 Å². The summed E-state index contributed by atoms with van der Waals surface area (Å²) in [6.45, 7) is 7.46. The van der Waals surface area contributed by atoms with Gasteiger partial charge in [0.05, 0.1) is 25.0 Å². The fourth-order valence-electron chi connectivity index (χ4n) is 2.78. The van der Waals surface area contributed by atoms with E-state index >= 15 is 0 Å². The van der Waals surface area contributed by atoms with E-state index in [0.29, 0.717) is 19.1 Å². The van der Waals surface area contributed by atoms with Crippen LogP contribution in [-0.2, 0) is 19.1 Å². The van der Waals surface area contributed by atoms with Gasteiger partial charge in [-0.25, -0.2) is 0 Å². The highest BCUT2D eigenvalue weighted by Crippen LogP contribution is 2.30.